The normalized spacial score (nSPS) is 19.7. The zero-order valence-electron chi connectivity index (χ0n) is 13.6. The Kier molecular flexibility index (Phi) is 4.95. The van der Waals surface area contributed by atoms with Crippen molar-refractivity contribution in [3.05, 3.63) is 64.7 Å². The van der Waals surface area contributed by atoms with Crippen molar-refractivity contribution in [2.24, 2.45) is 0 Å². The van der Waals surface area contributed by atoms with Crippen LogP contribution in [0, 0.1) is 5.82 Å². The molecule has 1 aliphatic carbocycles. The molecule has 0 spiro atoms. The molecule has 1 aliphatic rings. The Labute approximate surface area is 146 Å². The van der Waals surface area contributed by atoms with Crippen LogP contribution in [-0.2, 0) is 17.5 Å². The van der Waals surface area contributed by atoms with Crippen LogP contribution in [0.3, 0.4) is 0 Å². The molecule has 1 heterocycles. The smallest absolute Gasteiger partial charge is 0.387 e. The van der Waals surface area contributed by atoms with Gasteiger partial charge < -0.3 is 10.4 Å². The molecule has 0 saturated carbocycles. The molecule has 0 unspecified atom stereocenters. The molecule has 2 atom stereocenters. The van der Waals surface area contributed by atoms with E-state index in [9.17, 15) is 27.5 Å². The zero-order valence-corrected chi connectivity index (χ0v) is 13.6. The largest absolute Gasteiger partial charge is 0.416 e. The summed E-state index contributed by atoms with van der Waals surface area (Å²) < 4.78 is 52.2. The molecule has 0 saturated heterocycles. The van der Waals surface area contributed by atoms with Crippen molar-refractivity contribution in [1.29, 1.82) is 0 Å². The first-order chi connectivity index (χ1) is 12.3. The third-order valence-corrected chi connectivity index (χ3v) is 4.44. The van der Waals surface area contributed by atoms with Crippen LogP contribution < -0.4 is 5.32 Å². The third kappa shape index (κ3) is 3.70. The van der Waals surface area contributed by atoms with Crippen molar-refractivity contribution in [3.63, 3.8) is 0 Å². The fourth-order valence-electron chi connectivity index (χ4n) is 3.16. The van der Waals surface area contributed by atoms with E-state index in [2.05, 4.69) is 10.3 Å². The fourth-order valence-corrected chi connectivity index (χ4v) is 3.16. The van der Waals surface area contributed by atoms with Crippen LogP contribution >= 0.6 is 0 Å². The SMILES string of the molecule is O=C(NCc1ccc(F)cc1C(F)(F)F)[C@@H]1CC[C@H](O)c2ncccc21. The number of hydrogen-bond donors (Lipinski definition) is 2. The van der Waals surface area contributed by atoms with Gasteiger partial charge in [0.25, 0.3) is 0 Å². The predicted octanol–water partition coefficient (Wildman–Crippen LogP) is 3.47. The number of nitrogens with zero attached hydrogens (tertiary/aromatic N) is 1. The number of carbonyl (C=O) groups excluding carboxylic acids is 1. The lowest BCUT2D eigenvalue weighted by Crippen LogP contribution is -2.32. The van der Waals surface area contributed by atoms with Crippen LogP contribution in [0.4, 0.5) is 17.6 Å². The lowest BCUT2D eigenvalue weighted by Gasteiger charge is -2.27. The van der Waals surface area contributed by atoms with Crippen molar-refractivity contribution < 1.29 is 27.5 Å². The Morgan fingerprint density at radius 2 is 2.04 bits per heavy atom. The van der Waals surface area contributed by atoms with Crippen molar-refractivity contribution in [1.82, 2.24) is 10.3 Å². The molecule has 1 aromatic heterocycles. The molecular formula is C18H16F4N2O2. The van der Waals surface area contributed by atoms with Crippen LogP contribution in [0.15, 0.2) is 36.5 Å². The van der Waals surface area contributed by atoms with E-state index >= 15 is 0 Å². The molecule has 4 nitrogen and oxygen atoms in total. The van der Waals surface area contributed by atoms with Gasteiger partial charge in [0.05, 0.1) is 23.3 Å². The van der Waals surface area contributed by atoms with Crippen molar-refractivity contribution >= 4 is 5.91 Å². The highest BCUT2D eigenvalue weighted by Gasteiger charge is 2.35. The van der Waals surface area contributed by atoms with E-state index in [1.54, 1.807) is 12.1 Å². The Hall–Kier alpha value is -2.48. The molecule has 1 aromatic carbocycles. The van der Waals surface area contributed by atoms with Gasteiger partial charge in [0.15, 0.2) is 0 Å². The standard InChI is InChI=1S/C18H16F4N2O2/c19-11-4-3-10(14(8-11)18(20,21)22)9-24-17(26)13-5-6-15(25)16-12(13)2-1-7-23-16/h1-4,7-8,13,15,25H,5-6,9H2,(H,24,26)/t13-,15+/m1/s1. The number of rotatable bonds is 3. The number of pyridine rings is 1. The second-order valence-electron chi connectivity index (χ2n) is 6.14. The number of aliphatic hydroxyl groups excluding tert-OH is 1. The average Bonchev–Trinajstić information content (AvgIpc) is 2.60. The highest BCUT2D eigenvalue weighted by atomic mass is 19.4. The molecule has 26 heavy (non-hydrogen) atoms. The summed E-state index contributed by atoms with van der Waals surface area (Å²) in [6, 6.07) is 5.66. The summed E-state index contributed by atoms with van der Waals surface area (Å²) >= 11 is 0. The minimum absolute atomic E-state index is 0.213. The topological polar surface area (TPSA) is 62.2 Å². The molecule has 3 rings (SSSR count). The first-order valence-electron chi connectivity index (χ1n) is 8.03. The Morgan fingerprint density at radius 1 is 1.27 bits per heavy atom. The molecule has 8 heteroatoms. The highest BCUT2D eigenvalue weighted by Crippen LogP contribution is 2.36. The number of nitrogens with one attached hydrogen (secondary N) is 1. The van der Waals surface area contributed by atoms with Gasteiger partial charge in [0.2, 0.25) is 5.91 Å². The van der Waals surface area contributed by atoms with Crippen LogP contribution in [0.25, 0.3) is 0 Å². The Morgan fingerprint density at radius 3 is 2.77 bits per heavy atom. The molecule has 0 aliphatic heterocycles. The summed E-state index contributed by atoms with van der Waals surface area (Å²) in [7, 11) is 0. The van der Waals surface area contributed by atoms with Gasteiger partial charge >= 0.3 is 6.18 Å². The number of fused-ring (bicyclic) bond motifs is 1. The van der Waals surface area contributed by atoms with E-state index < -0.39 is 35.5 Å². The average molecular weight is 368 g/mol. The van der Waals surface area contributed by atoms with Gasteiger partial charge in [-0.3, -0.25) is 9.78 Å². The molecule has 0 radical (unpaired) electrons. The van der Waals surface area contributed by atoms with Gasteiger partial charge in [0.1, 0.15) is 5.82 Å². The van der Waals surface area contributed by atoms with E-state index in [0.717, 1.165) is 12.1 Å². The summed E-state index contributed by atoms with van der Waals surface area (Å²) in [5, 5.41) is 12.5. The van der Waals surface area contributed by atoms with Gasteiger partial charge in [0, 0.05) is 12.7 Å². The van der Waals surface area contributed by atoms with Crippen LogP contribution in [0.2, 0.25) is 0 Å². The number of hydrogen-bond acceptors (Lipinski definition) is 3. The maximum atomic E-state index is 13.2. The monoisotopic (exact) mass is 368 g/mol. The highest BCUT2D eigenvalue weighted by molar-refractivity contribution is 5.84. The molecule has 138 valence electrons. The van der Waals surface area contributed by atoms with Crippen LogP contribution in [0.5, 0.6) is 0 Å². The predicted molar refractivity (Wildman–Crippen MR) is 84.4 cm³/mol. The van der Waals surface area contributed by atoms with Gasteiger partial charge in [-0.25, -0.2) is 4.39 Å². The number of aromatic nitrogens is 1. The Balaban J connectivity index is 1.78. The van der Waals surface area contributed by atoms with Gasteiger partial charge in [-0.1, -0.05) is 12.1 Å². The fraction of sp³-hybridized carbons (Fsp3) is 0.333. The Bertz CT molecular complexity index is 823. The third-order valence-electron chi connectivity index (χ3n) is 4.44. The summed E-state index contributed by atoms with van der Waals surface area (Å²) in [5.41, 5.74) is -0.344. The van der Waals surface area contributed by atoms with E-state index in [4.69, 9.17) is 0 Å². The first kappa shape index (κ1) is 18.3. The molecular weight excluding hydrogens is 352 g/mol. The zero-order chi connectivity index (χ0) is 18.9. The lowest BCUT2D eigenvalue weighted by molar-refractivity contribution is -0.138. The number of amides is 1. The van der Waals surface area contributed by atoms with Gasteiger partial charge in [-0.05, 0) is 42.2 Å². The maximum absolute atomic E-state index is 13.2. The molecule has 0 bridgehead atoms. The number of alkyl halides is 3. The number of benzene rings is 1. The summed E-state index contributed by atoms with van der Waals surface area (Å²) in [6.07, 6.45) is -3.26. The van der Waals surface area contributed by atoms with E-state index in [-0.39, 0.29) is 12.1 Å². The van der Waals surface area contributed by atoms with E-state index in [1.165, 1.54) is 6.20 Å². The van der Waals surface area contributed by atoms with E-state index in [0.29, 0.717) is 30.2 Å². The molecule has 2 aromatic rings. The second-order valence-corrected chi connectivity index (χ2v) is 6.14. The van der Waals surface area contributed by atoms with Crippen molar-refractivity contribution in [2.45, 2.75) is 37.6 Å². The number of aliphatic hydroxyl groups is 1. The van der Waals surface area contributed by atoms with E-state index in [1.807, 2.05) is 0 Å². The summed E-state index contributed by atoms with van der Waals surface area (Å²) in [6.45, 7) is -0.372. The summed E-state index contributed by atoms with van der Waals surface area (Å²) in [5.74, 6) is -2.05. The first-order valence-corrected chi connectivity index (χ1v) is 8.03. The van der Waals surface area contributed by atoms with Gasteiger partial charge in [-0.15, -0.1) is 0 Å². The molecule has 2 N–H and O–H groups in total. The number of halogens is 4. The summed E-state index contributed by atoms with van der Waals surface area (Å²) in [4.78, 5) is 16.6. The van der Waals surface area contributed by atoms with Crippen molar-refractivity contribution in [3.8, 4) is 0 Å². The van der Waals surface area contributed by atoms with Crippen molar-refractivity contribution in [2.75, 3.05) is 0 Å². The minimum Gasteiger partial charge on any atom is -0.387 e. The van der Waals surface area contributed by atoms with Crippen LogP contribution in [0.1, 0.15) is 47.2 Å². The van der Waals surface area contributed by atoms with Gasteiger partial charge in [-0.2, -0.15) is 13.2 Å². The molecule has 0 fully saturated rings. The molecule has 1 amide bonds. The van der Waals surface area contributed by atoms with Crippen LogP contribution in [-0.4, -0.2) is 16.0 Å². The minimum atomic E-state index is -4.71. The number of carbonyl (C=O) groups is 1. The maximum Gasteiger partial charge on any atom is 0.416 e. The quantitative estimate of drug-likeness (QED) is 0.816. The second kappa shape index (κ2) is 7.03. The lowest BCUT2D eigenvalue weighted by atomic mass is 9.83.